The van der Waals surface area contributed by atoms with Crippen LogP contribution >= 0.6 is 11.6 Å². The fourth-order valence-corrected chi connectivity index (χ4v) is 2.51. The van der Waals surface area contributed by atoms with Gasteiger partial charge in [-0.05, 0) is 24.5 Å². The lowest BCUT2D eigenvalue weighted by Gasteiger charge is -2.08. The number of carboxylic acid groups (broad SMARTS) is 1. The summed E-state index contributed by atoms with van der Waals surface area (Å²) in [7, 11) is 0. The molecule has 2 rings (SSSR count). The number of aromatic carboxylic acids is 1. The number of rotatable bonds is 3. The van der Waals surface area contributed by atoms with Crippen molar-refractivity contribution in [1.82, 2.24) is 4.98 Å². The van der Waals surface area contributed by atoms with Gasteiger partial charge in [-0.3, -0.25) is 0 Å². The van der Waals surface area contributed by atoms with Gasteiger partial charge in [0.15, 0.2) is 0 Å². The Hall–Kier alpha value is -1.09. The van der Waals surface area contributed by atoms with E-state index in [1.807, 2.05) is 0 Å². The lowest BCUT2D eigenvalue weighted by atomic mass is 10.0. The number of nitrogens with zero attached hydrogens (tertiary/aromatic N) is 1. The van der Waals surface area contributed by atoms with Gasteiger partial charge in [0.1, 0.15) is 5.15 Å². The second-order valence-electron chi connectivity index (χ2n) is 4.30. The van der Waals surface area contributed by atoms with Crippen LogP contribution < -0.4 is 0 Å². The molecule has 1 N–H and O–H groups in total. The first-order valence-electron chi connectivity index (χ1n) is 5.55. The minimum Gasteiger partial charge on any atom is -0.478 e. The van der Waals surface area contributed by atoms with Crippen LogP contribution in [0.3, 0.4) is 0 Å². The fourth-order valence-electron chi connectivity index (χ4n) is 2.26. The largest absolute Gasteiger partial charge is 0.478 e. The molecule has 0 saturated heterocycles. The highest BCUT2D eigenvalue weighted by atomic mass is 35.5. The lowest BCUT2D eigenvalue weighted by Crippen LogP contribution is -2.04. The van der Waals surface area contributed by atoms with Crippen LogP contribution in [0.25, 0.3) is 0 Å². The van der Waals surface area contributed by atoms with Gasteiger partial charge in [-0.2, -0.15) is 0 Å². The highest BCUT2D eigenvalue weighted by molar-refractivity contribution is 6.32. The molecule has 3 nitrogen and oxygen atoms in total. The number of carbonyl (C=O) groups is 1. The van der Waals surface area contributed by atoms with Crippen LogP contribution in [-0.2, 0) is 6.42 Å². The third-order valence-corrected chi connectivity index (χ3v) is 3.40. The van der Waals surface area contributed by atoms with Gasteiger partial charge < -0.3 is 5.11 Å². The summed E-state index contributed by atoms with van der Waals surface area (Å²) in [5, 5.41) is 8.92. The Balaban J connectivity index is 2.11. The molecular weight excluding hydrogens is 226 g/mol. The Morgan fingerprint density at radius 2 is 2.12 bits per heavy atom. The third-order valence-electron chi connectivity index (χ3n) is 3.11. The van der Waals surface area contributed by atoms with E-state index >= 15 is 0 Å². The second-order valence-corrected chi connectivity index (χ2v) is 4.66. The predicted molar refractivity (Wildman–Crippen MR) is 61.9 cm³/mol. The van der Waals surface area contributed by atoms with Crippen molar-refractivity contribution in [2.24, 2.45) is 5.92 Å². The van der Waals surface area contributed by atoms with Crippen molar-refractivity contribution in [2.45, 2.75) is 32.1 Å². The fraction of sp³-hybridized carbons (Fsp3) is 0.500. The van der Waals surface area contributed by atoms with Gasteiger partial charge in [0.05, 0.1) is 5.56 Å². The van der Waals surface area contributed by atoms with Gasteiger partial charge >= 0.3 is 5.97 Å². The normalized spacial score (nSPS) is 16.6. The standard InChI is InChI=1S/C12H14ClNO2/c13-11-10(12(15)16)6-5-9(14-11)7-8-3-1-2-4-8/h5-6,8H,1-4,7H2,(H,15,16). The molecule has 1 heterocycles. The summed E-state index contributed by atoms with van der Waals surface area (Å²) >= 11 is 5.82. The Bertz CT molecular complexity index is 400. The van der Waals surface area contributed by atoms with Crippen molar-refractivity contribution < 1.29 is 9.90 Å². The van der Waals surface area contributed by atoms with Crippen molar-refractivity contribution >= 4 is 17.6 Å². The highest BCUT2D eigenvalue weighted by Gasteiger charge is 2.17. The first kappa shape index (κ1) is 11.4. The van der Waals surface area contributed by atoms with E-state index < -0.39 is 5.97 Å². The monoisotopic (exact) mass is 239 g/mol. The van der Waals surface area contributed by atoms with E-state index in [2.05, 4.69) is 4.98 Å². The number of hydrogen-bond acceptors (Lipinski definition) is 2. The van der Waals surface area contributed by atoms with Crippen molar-refractivity contribution in [2.75, 3.05) is 0 Å². The average molecular weight is 240 g/mol. The molecule has 1 aliphatic carbocycles. The van der Waals surface area contributed by atoms with Gasteiger partial charge in [0.25, 0.3) is 0 Å². The van der Waals surface area contributed by atoms with Gasteiger partial charge in [-0.15, -0.1) is 0 Å². The number of halogens is 1. The molecule has 1 fully saturated rings. The van der Waals surface area contributed by atoms with Crippen LogP contribution in [0.2, 0.25) is 5.15 Å². The van der Waals surface area contributed by atoms with Crippen LogP contribution in [0, 0.1) is 5.92 Å². The number of carboxylic acids is 1. The van der Waals surface area contributed by atoms with Crippen LogP contribution in [0.4, 0.5) is 0 Å². The molecule has 0 atom stereocenters. The summed E-state index contributed by atoms with van der Waals surface area (Å²) in [4.78, 5) is 14.9. The summed E-state index contributed by atoms with van der Waals surface area (Å²) in [6, 6.07) is 3.32. The van der Waals surface area contributed by atoms with Crippen LogP contribution in [0.15, 0.2) is 12.1 Å². The molecule has 1 saturated carbocycles. The zero-order chi connectivity index (χ0) is 11.5. The average Bonchev–Trinajstić information content (AvgIpc) is 2.70. The van der Waals surface area contributed by atoms with Gasteiger partial charge in [0.2, 0.25) is 0 Å². The summed E-state index contributed by atoms with van der Waals surface area (Å²) in [6.07, 6.45) is 6.01. The molecule has 0 amide bonds. The van der Waals surface area contributed by atoms with E-state index in [1.54, 1.807) is 12.1 Å². The molecule has 0 bridgehead atoms. The summed E-state index contributed by atoms with van der Waals surface area (Å²) in [6.45, 7) is 0. The zero-order valence-electron chi connectivity index (χ0n) is 8.95. The molecule has 1 aromatic rings. The highest BCUT2D eigenvalue weighted by Crippen LogP contribution is 2.28. The van der Waals surface area contributed by atoms with E-state index in [0.717, 1.165) is 12.1 Å². The molecule has 0 unspecified atom stereocenters. The third kappa shape index (κ3) is 2.53. The van der Waals surface area contributed by atoms with Crippen molar-refractivity contribution in [3.63, 3.8) is 0 Å². The predicted octanol–water partition coefficient (Wildman–Crippen LogP) is 3.17. The smallest absolute Gasteiger partial charge is 0.338 e. The summed E-state index contributed by atoms with van der Waals surface area (Å²) in [5.41, 5.74) is 0.985. The molecule has 16 heavy (non-hydrogen) atoms. The molecule has 0 aromatic carbocycles. The summed E-state index contributed by atoms with van der Waals surface area (Å²) in [5.74, 6) is -0.329. The Morgan fingerprint density at radius 3 is 2.69 bits per heavy atom. The van der Waals surface area contributed by atoms with Crippen LogP contribution in [0.5, 0.6) is 0 Å². The zero-order valence-corrected chi connectivity index (χ0v) is 9.70. The first-order chi connectivity index (χ1) is 7.66. The van der Waals surface area contributed by atoms with Crippen molar-refractivity contribution in [3.8, 4) is 0 Å². The molecule has 0 radical (unpaired) electrons. The molecule has 1 aliphatic rings. The van der Waals surface area contributed by atoms with Crippen molar-refractivity contribution in [3.05, 3.63) is 28.5 Å². The summed E-state index contributed by atoms with van der Waals surface area (Å²) < 4.78 is 0. The lowest BCUT2D eigenvalue weighted by molar-refractivity contribution is 0.0696. The molecule has 1 aromatic heterocycles. The van der Waals surface area contributed by atoms with Crippen LogP contribution in [-0.4, -0.2) is 16.1 Å². The van der Waals surface area contributed by atoms with E-state index in [4.69, 9.17) is 16.7 Å². The minimum atomic E-state index is -1.02. The first-order valence-corrected chi connectivity index (χ1v) is 5.93. The topological polar surface area (TPSA) is 50.2 Å². The Labute approximate surface area is 99.5 Å². The van der Waals surface area contributed by atoms with E-state index in [1.165, 1.54) is 25.7 Å². The van der Waals surface area contributed by atoms with Gasteiger partial charge in [-0.25, -0.2) is 9.78 Å². The molecule has 4 heteroatoms. The van der Waals surface area contributed by atoms with E-state index in [-0.39, 0.29) is 10.7 Å². The van der Waals surface area contributed by atoms with E-state index in [0.29, 0.717) is 5.92 Å². The quantitative estimate of drug-likeness (QED) is 0.825. The maximum absolute atomic E-state index is 10.8. The maximum Gasteiger partial charge on any atom is 0.338 e. The SMILES string of the molecule is O=C(O)c1ccc(CC2CCCC2)nc1Cl. The molecular formula is C12H14ClNO2. The van der Waals surface area contributed by atoms with E-state index in [9.17, 15) is 4.79 Å². The minimum absolute atomic E-state index is 0.0804. The molecule has 0 spiro atoms. The molecule has 86 valence electrons. The Morgan fingerprint density at radius 1 is 1.44 bits per heavy atom. The second kappa shape index (κ2) is 4.83. The van der Waals surface area contributed by atoms with Crippen molar-refractivity contribution in [1.29, 1.82) is 0 Å². The van der Waals surface area contributed by atoms with Gasteiger partial charge in [0, 0.05) is 5.69 Å². The maximum atomic E-state index is 10.8. The number of hydrogen-bond donors (Lipinski definition) is 1. The van der Waals surface area contributed by atoms with Crippen LogP contribution in [0.1, 0.15) is 41.7 Å². The number of aromatic nitrogens is 1. The number of pyridine rings is 1. The molecule has 0 aliphatic heterocycles. The van der Waals surface area contributed by atoms with Gasteiger partial charge in [-0.1, -0.05) is 37.3 Å². The Kier molecular flexibility index (Phi) is 3.44.